The largest absolute Gasteiger partial charge is 0.378 e. The molecule has 0 bridgehead atoms. The van der Waals surface area contributed by atoms with Crippen LogP contribution in [-0.2, 0) is 18.2 Å². The fraction of sp³-hybridized carbons (Fsp3) is 0.789. The van der Waals surface area contributed by atoms with Gasteiger partial charge < -0.3 is 15.4 Å². The van der Waals surface area contributed by atoms with Gasteiger partial charge in [-0.2, -0.15) is 5.10 Å². The first-order valence-corrected chi connectivity index (χ1v) is 9.83. The number of carbonyl (C=O) groups excluding carboxylic acids is 1. The van der Waals surface area contributed by atoms with Crippen molar-refractivity contribution in [2.75, 3.05) is 6.61 Å². The highest BCUT2D eigenvalue weighted by Gasteiger charge is 2.57. The van der Waals surface area contributed by atoms with E-state index in [9.17, 15) is 4.79 Å². The van der Waals surface area contributed by atoms with Gasteiger partial charge >= 0.3 is 6.03 Å². The predicted molar refractivity (Wildman–Crippen MR) is 95.3 cm³/mol. The molecule has 3 aliphatic rings. The summed E-state index contributed by atoms with van der Waals surface area (Å²) in [4.78, 5) is 12.6. The molecule has 138 valence electrons. The highest BCUT2D eigenvalue weighted by atomic mass is 16.5. The molecule has 25 heavy (non-hydrogen) atoms. The van der Waals surface area contributed by atoms with E-state index in [-0.39, 0.29) is 23.5 Å². The summed E-state index contributed by atoms with van der Waals surface area (Å²) in [6.07, 6.45) is 11.2. The lowest BCUT2D eigenvalue weighted by atomic mass is 9.60. The maximum Gasteiger partial charge on any atom is 0.315 e. The summed E-state index contributed by atoms with van der Waals surface area (Å²) in [5.74, 6) is 0. The smallest absolute Gasteiger partial charge is 0.315 e. The van der Waals surface area contributed by atoms with Gasteiger partial charge in [0.1, 0.15) is 0 Å². The summed E-state index contributed by atoms with van der Waals surface area (Å²) in [6, 6.07) is 0.302. The Morgan fingerprint density at radius 2 is 2.16 bits per heavy atom. The molecule has 1 aromatic rings. The third-order valence-electron chi connectivity index (χ3n) is 6.67. The number of aryl methyl sites for hydroxylation is 1. The summed E-state index contributed by atoms with van der Waals surface area (Å²) in [5.41, 5.74) is 2.61. The molecule has 2 fully saturated rings. The number of nitrogens with one attached hydrogen (secondary N) is 2. The normalized spacial score (nSPS) is 29.9. The van der Waals surface area contributed by atoms with Gasteiger partial charge in [0.05, 0.1) is 18.3 Å². The van der Waals surface area contributed by atoms with Gasteiger partial charge in [-0.05, 0) is 45.4 Å². The minimum atomic E-state index is -0.0343. The molecule has 1 aromatic heterocycles. The Hall–Kier alpha value is -1.56. The van der Waals surface area contributed by atoms with Crippen LogP contribution >= 0.6 is 0 Å². The van der Waals surface area contributed by atoms with E-state index in [0.29, 0.717) is 6.10 Å². The number of nitrogens with zero attached hydrogens (tertiary/aromatic N) is 2. The molecule has 6 heteroatoms. The van der Waals surface area contributed by atoms with Crippen molar-refractivity contribution in [3.05, 3.63) is 17.5 Å². The molecule has 4 rings (SSSR count). The summed E-state index contributed by atoms with van der Waals surface area (Å²) < 4.78 is 7.88. The first-order chi connectivity index (χ1) is 12.1. The van der Waals surface area contributed by atoms with Crippen molar-refractivity contribution < 1.29 is 9.53 Å². The Morgan fingerprint density at radius 1 is 1.36 bits per heavy atom. The maximum absolute atomic E-state index is 12.6. The third kappa shape index (κ3) is 2.84. The van der Waals surface area contributed by atoms with Crippen LogP contribution in [0.4, 0.5) is 4.79 Å². The van der Waals surface area contributed by atoms with Gasteiger partial charge in [0.2, 0.25) is 0 Å². The number of rotatable bonds is 4. The lowest BCUT2D eigenvalue weighted by Crippen LogP contribution is -2.64. The van der Waals surface area contributed by atoms with Crippen molar-refractivity contribution >= 4 is 6.03 Å². The van der Waals surface area contributed by atoms with Crippen molar-refractivity contribution in [2.45, 2.75) is 76.5 Å². The number of fused-ring (bicyclic) bond motifs is 1. The molecule has 1 spiro atoms. The molecule has 2 N–H and O–H groups in total. The molecule has 0 radical (unpaired) electrons. The molecule has 2 amide bonds. The van der Waals surface area contributed by atoms with E-state index < -0.39 is 0 Å². The molecule has 0 unspecified atom stereocenters. The number of urea groups is 1. The van der Waals surface area contributed by atoms with Gasteiger partial charge in [-0.25, -0.2) is 4.79 Å². The van der Waals surface area contributed by atoms with Crippen LogP contribution in [0.5, 0.6) is 0 Å². The molecule has 2 saturated carbocycles. The molecule has 0 aliphatic heterocycles. The molecule has 1 heterocycles. The van der Waals surface area contributed by atoms with Crippen molar-refractivity contribution in [2.24, 2.45) is 12.5 Å². The number of amides is 2. The predicted octanol–water partition coefficient (Wildman–Crippen LogP) is 2.83. The van der Waals surface area contributed by atoms with Crippen LogP contribution < -0.4 is 10.6 Å². The third-order valence-corrected chi connectivity index (χ3v) is 6.67. The molecular formula is C19H30N4O2. The van der Waals surface area contributed by atoms with E-state index >= 15 is 0 Å². The molecule has 6 nitrogen and oxygen atoms in total. The van der Waals surface area contributed by atoms with E-state index in [2.05, 4.69) is 22.7 Å². The Labute approximate surface area is 149 Å². The lowest BCUT2D eigenvalue weighted by molar-refractivity contribution is -0.126. The zero-order valence-electron chi connectivity index (χ0n) is 15.4. The quantitative estimate of drug-likeness (QED) is 0.881. The first-order valence-electron chi connectivity index (χ1n) is 9.83. The van der Waals surface area contributed by atoms with E-state index in [4.69, 9.17) is 4.74 Å². The second-order valence-corrected chi connectivity index (χ2v) is 7.91. The van der Waals surface area contributed by atoms with Crippen LogP contribution in [-0.4, -0.2) is 34.6 Å². The number of hydrogen-bond acceptors (Lipinski definition) is 3. The van der Waals surface area contributed by atoms with Crippen LogP contribution in [0.2, 0.25) is 0 Å². The Balaban J connectivity index is 1.38. The average Bonchev–Trinajstić information content (AvgIpc) is 3.24. The number of aromatic nitrogens is 2. The second kappa shape index (κ2) is 6.63. The van der Waals surface area contributed by atoms with E-state index in [1.54, 1.807) is 0 Å². The standard InChI is InChI=1S/C19H30N4O2/c1-3-25-17-11-16(19(17)9-4-5-10-19)22-18(24)21-14-7-6-8-15-13(14)12-20-23(15)2/h12,14,16-17H,3-11H2,1-2H3,(H2,21,22,24)/t14-,16+,17-/m1/s1. The second-order valence-electron chi connectivity index (χ2n) is 7.91. The van der Waals surface area contributed by atoms with Crippen molar-refractivity contribution in [1.29, 1.82) is 0 Å². The molecular weight excluding hydrogens is 316 g/mol. The first kappa shape index (κ1) is 16.9. The van der Waals surface area contributed by atoms with Crippen molar-refractivity contribution in [3.8, 4) is 0 Å². The van der Waals surface area contributed by atoms with Crippen LogP contribution in [0.25, 0.3) is 0 Å². The molecule has 3 atom stereocenters. The highest BCUT2D eigenvalue weighted by Crippen LogP contribution is 2.54. The average molecular weight is 346 g/mol. The summed E-state index contributed by atoms with van der Waals surface area (Å²) in [7, 11) is 1.98. The van der Waals surface area contributed by atoms with Gasteiger partial charge in [0.25, 0.3) is 0 Å². The molecule has 3 aliphatic carbocycles. The minimum absolute atomic E-state index is 0.0343. The van der Waals surface area contributed by atoms with E-state index in [1.165, 1.54) is 36.9 Å². The Bertz CT molecular complexity index is 635. The highest BCUT2D eigenvalue weighted by molar-refractivity contribution is 5.75. The SMILES string of the molecule is CCO[C@@H]1C[C@H](NC(=O)N[C@@H]2CCCc3c2cnn3C)C12CCCC2. The maximum atomic E-state index is 12.6. The van der Waals surface area contributed by atoms with Gasteiger partial charge in [-0.3, -0.25) is 4.68 Å². The molecule has 0 aromatic carbocycles. The zero-order chi connectivity index (χ0) is 17.4. The van der Waals surface area contributed by atoms with Crippen molar-refractivity contribution in [1.82, 2.24) is 20.4 Å². The summed E-state index contributed by atoms with van der Waals surface area (Å²) in [5, 5.41) is 10.8. The fourth-order valence-corrected chi connectivity index (χ4v) is 5.30. The van der Waals surface area contributed by atoms with Crippen LogP contribution in [0, 0.1) is 5.41 Å². The van der Waals surface area contributed by atoms with Crippen molar-refractivity contribution in [3.63, 3.8) is 0 Å². The fourth-order valence-electron chi connectivity index (χ4n) is 5.30. The number of carbonyl (C=O) groups is 1. The van der Waals surface area contributed by atoms with Crippen LogP contribution in [0.3, 0.4) is 0 Å². The molecule has 0 saturated heterocycles. The summed E-state index contributed by atoms with van der Waals surface area (Å²) >= 11 is 0. The van der Waals surface area contributed by atoms with Gasteiger partial charge in [0, 0.05) is 36.4 Å². The van der Waals surface area contributed by atoms with Gasteiger partial charge in [-0.15, -0.1) is 0 Å². The van der Waals surface area contributed by atoms with E-state index in [1.807, 2.05) is 17.9 Å². The van der Waals surface area contributed by atoms with Crippen LogP contribution in [0.1, 0.15) is 69.2 Å². The monoisotopic (exact) mass is 346 g/mol. The van der Waals surface area contributed by atoms with Gasteiger partial charge in [0.15, 0.2) is 0 Å². The number of ether oxygens (including phenoxy) is 1. The zero-order valence-corrected chi connectivity index (χ0v) is 15.4. The van der Waals surface area contributed by atoms with E-state index in [0.717, 1.165) is 32.3 Å². The number of hydrogen-bond donors (Lipinski definition) is 2. The van der Waals surface area contributed by atoms with Crippen LogP contribution in [0.15, 0.2) is 6.20 Å². The lowest BCUT2D eigenvalue weighted by Gasteiger charge is -2.54. The Morgan fingerprint density at radius 3 is 2.92 bits per heavy atom. The topological polar surface area (TPSA) is 68.2 Å². The summed E-state index contributed by atoms with van der Waals surface area (Å²) in [6.45, 7) is 2.82. The minimum Gasteiger partial charge on any atom is -0.378 e. The van der Waals surface area contributed by atoms with Gasteiger partial charge in [-0.1, -0.05) is 12.8 Å². The Kier molecular flexibility index (Phi) is 4.48.